The fourth-order valence-corrected chi connectivity index (χ4v) is 2.16. The summed E-state index contributed by atoms with van der Waals surface area (Å²) in [5.41, 5.74) is 3.03. The maximum Gasteiger partial charge on any atom is 0.337 e. The summed E-state index contributed by atoms with van der Waals surface area (Å²) in [7, 11) is 0. The second-order valence-corrected chi connectivity index (χ2v) is 4.09. The Bertz CT molecular complexity index is 557. The third kappa shape index (κ3) is 2.03. The quantitative estimate of drug-likeness (QED) is 0.757. The summed E-state index contributed by atoms with van der Waals surface area (Å²) >= 11 is 0. The first-order valence-electron chi connectivity index (χ1n) is 5.59. The smallest absolute Gasteiger partial charge is 0.337 e. The van der Waals surface area contributed by atoms with E-state index >= 15 is 0 Å². The van der Waals surface area contributed by atoms with E-state index in [1.165, 1.54) is 0 Å². The lowest BCUT2D eigenvalue weighted by Gasteiger charge is -2.00. The van der Waals surface area contributed by atoms with E-state index in [0.29, 0.717) is 17.5 Å². The number of rotatable bonds is 4. The largest absolute Gasteiger partial charge is 0.478 e. The van der Waals surface area contributed by atoms with Crippen LogP contribution in [0.3, 0.4) is 0 Å². The van der Waals surface area contributed by atoms with Crippen molar-refractivity contribution >= 4 is 16.9 Å². The van der Waals surface area contributed by atoms with E-state index in [4.69, 9.17) is 10.2 Å². The van der Waals surface area contributed by atoms with Crippen LogP contribution in [0.4, 0.5) is 0 Å². The third-order valence-corrected chi connectivity index (χ3v) is 2.97. The van der Waals surface area contributed by atoms with Gasteiger partial charge in [0.15, 0.2) is 0 Å². The molecule has 1 heterocycles. The van der Waals surface area contributed by atoms with Gasteiger partial charge < -0.3 is 15.2 Å². The Morgan fingerprint density at radius 2 is 2.18 bits per heavy atom. The molecule has 1 aromatic carbocycles. The molecule has 0 saturated carbocycles. The number of carboxylic acid groups (broad SMARTS) is 1. The van der Waals surface area contributed by atoms with Crippen molar-refractivity contribution in [3.63, 3.8) is 0 Å². The number of aromatic nitrogens is 1. The van der Waals surface area contributed by atoms with Crippen LogP contribution in [-0.4, -0.2) is 27.8 Å². The van der Waals surface area contributed by atoms with Gasteiger partial charge in [-0.3, -0.25) is 0 Å². The monoisotopic (exact) mass is 233 g/mol. The molecule has 3 N–H and O–H groups in total. The lowest BCUT2D eigenvalue weighted by Crippen LogP contribution is -1.96. The number of nitrogens with one attached hydrogen (secondary N) is 1. The van der Waals surface area contributed by atoms with Crippen LogP contribution in [-0.2, 0) is 6.42 Å². The molecule has 0 aliphatic carbocycles. The van der Waals surface area contributed by atoms with Gasteiger partial charge in [-0.15, -0.1) is 0 Å². The van der Waals surface area contributed by atoms with E-state index < -0.39 is 5.97 Å². The number of para-hydroxylation sites is 1. The van der Waals surface area contributed by atoms with Gasteiger partial charge in [-0.25, -0.2) is 4.79 Å². The summed E-state index contributed by atoms with van der Waals surface area (Å²) < 4.78 is 0. The number of H-pyrrole nitrogens is 1. The third-order valence-electron chi connectivity index (χ3n) is 2.97. The van der Waals surface area contributed by atoms with Crippen LogP contribution in [0.1, 0.15) is 28.0 Å². The molecule has 90 valence electrons. The van der Waals surface area contributed by atoms with Gasteiger partial charge in [0.05, 0.1) is 11.1 Å². The Kier molecular flexibility index (Phi) is 3.15. The van der Waals surface area contributed by atoms with Gasteiger partial charge in [-0.2, -0.15) is 0 Å². The van der Waals surface area contributed by atoms with Gasteiger partial charge in [-0.1, -0.05) is 12.1 Å². The number of aliphatic hydroxyl groups excluding tert-OH is 1. The summed E-state index contributed by atoms with van der Waals surface area (Å²) in [4.78, 5) is 14.2. The molecule has 2 rings (SSSR count). The fourth-order valence-electron chi connectivity index (χ4n) is 2.16. The number of aliphatic hydroxyl groups is 1. The van der Waals surface area contributed by atoms with Gasteiger partial charge >= 0.3 is 5.97 Å². The van der Waals surface area contributed by atoms with Crippen molar-refractivity contribution in [1.82, 2.24) is 4.98 Å². The van der Waals surface area contributed by atoms with Crippen LogP contribution >= 0.6 is 0 Å². The lowest BCUT2D eigenvalue weighted by molar-refractivity contribution is 0.0699. The maximum absolute atomic E-state index is 11.1. The van der Waals surface area contributed by atoms with Crippen molar-refractivity contribution in [2.45, 2.75) is 19.8 Å². The Morgan fingerprint density at radius 3 is 2.82 bits per heavy atom. The Balaban J connectivity index is 2.59. The molecule has 4 nitrogen and oxygen atoms in total. The average molecular weight is 233 g/mol. The predicted octanol–water partition coefficient (Wildman–Crippen LogP) is 2.10. The number of aromatic carboxylic acids is 1. The number of fused-ring (bicyclic) bond motifs is 1. The molecule has 0 spiro atoms. The summed E-state index contributed by atoms with van der Waals surface area (Å²) in [6.07, 6.45) is 1.44. The van der Waals surface area contributed by atoms with E-state index in [1.807, 2.05) is 13.0 Å². The van der Waals surface area contributed by atoms with Crippen LogP contribution in [0.25, 0.3) is 10.9 Å². The molecular weight excluding hydrogens is 218 g/mol. The van der Waals surface area contributed by atoms with Gasteiger partial charge in [0.2, 0.25) is 0 Å². The zero-order valence-electron chi connectivity index (χ0n) is 9.66. The number of hydrogen-bond acceptors (Lipinski definition) is 2. The van der Waals surface area contributed by atoms with Crippen LogP contribution in [0, 0.1) is 6.92 Å². The van der Waals surface area contributed by atoms with Crippen molar-refractivity contribution in [3.8, 4) is 0 Å². The van der Waals surface area contributed by atoms with E-state index in [9.17, 15) is 4.79 Å². The first kappa shape index (κ1) is 11.7. The predicted molar refractivity (Wildman–Crippen MR) is 65.4 cm³/mol. The maximum atomic E-state index is 11.1. The summed E-state index contributed by atoms with van der Waals surface area (Å²) in [5, 5.41) is 18.9. The average Bonchev–Trinajstić information content (AvgIpc) is 2.61. The van der Waals surface area contributed by atoms with Gasteiger partial charge in [0.25, 0.3) is 0 Å². The molecule has 0 radical (unpaired) electrons. The molecule has 17 heavy (non-hydrogen) atoms. The van der Waals surface area contributed by atoms with Crippen LogP contribution in [0.5, 0.6) is 0 Å². The Labute approximate surface area is 98.9 Å². The highest BCUT2D eigenvalue weighted by Crippen LogP contribution is 2.26. The van der Waals surface area contributed by atoms with E-state index in [-0.39, 0.29) is 6.61 Å². The first-order chi connectivity index (χ1) is 8.15. The lowest BCUT2D eigenvalue weighted by atomic mass is 10.0. The summed E-state index contributed by atoms with van der Waals surface area (Å²) in [6.45, 7) is 2.07. The highest BCUT2D eigenvalue weighted by molar-refractivity contribution is 6.03. The van der Waals surface area contributed by atoms with Crippen LogP contribution in [0.2, 0.25) is 0 Å². The van der Waals surface area contributed by atoms with Crippen molar-refractivity contribution in [2.24, 2.45) is 0 Å². The van der Waals surface area contributed by atoms with Gasteiger partial charge in [0, 0.05) is 17.7 Å². The zero-order valence-corrected chi connectivity index (χ0v) is 9.66. The standard InChI is InChI=1S/C13H15NO3/c1-8-9(6-3-7-15)10-4-2-5-11(13(16)17)12(10)14-8/h2,4-5,14-15H,3,6-7H2,1H3,(H,16,17). The van der Waals surface area contributed by atoms with Crippen molar-refractivity contribution in [3.05, 3.63) is 35.0 Å². The second kappa shape index (κ2) is 4.59. The van der Waals surface area contributed by atoms with Gasteiger partial charge in [0.1, 0.15) is 0 Å². The van der Waals surface area contributed by atoms with E-state index in [0.717, 1.165) is 23.1 Å². The zero-order chi connectivity index (χ0) is 12.4. The molecule has 0 saturated heterocycles. The topological polar surface area (TPSA) is 73.3 Å². The number of hydrogen-bond donors (Lipinski definition) is 3. The van der Waals surface area contributed by atoms with Crippen LogP contribution in [0.15, 0.2) is 18.2 Å². The van der Waals surface area contributed by atoms with Crippen molar-refractivity contribution in [1.29, 1.82) is 0 Å². The second-order valence-electron chi connectivity index (χ2n) is 4.09. The highest BCUT2D eigenvalue weighted by Gasteiger charge is 2.14. The number of carbonyl (C=O) groups is 1. The number of aryl methyl sites for hydroxylation is 2. The molecule has 0 fully saturated rings. The molecule has 2 aromatic rings. The molecule has 0 aliphatic heterocycles. The van der Waals surface area contributed by atoms with Gasteiger partial charge in [-0.05, 0) is 31.4 Å². The number of carboxylic acids is 1. The Morgan fingerprint density at radius 1 is 1.41 bits per heavy atom. The minimum Gasteiger partial charge on any atom is -0.478 e. The summed E-state index contributed by atoms with van der Waals surface area (Å²) in [5.74, 6) is -0.925. The van der Waals surface area contributed by atoms with E-state index in [1.54, 1.807) is 12.1 Å². The van der Waals surface area contributed by atoms with Crippen molar-refractivity contribution < 1.29 is 15.0 Å². The highest BCUT2D eigenvalue weighted by atomic mass is 16.4. The molecule has 0 aliphatic rings. The number of aromatic amines is 1. The molecule has 0 unspecified atom stereocenters. The molecule has 0 amide bonds. The Hall–Kier alpha value is -1.81. The fraction of sp³-hybridized carbons (Fsp3) is 0.308. The SMILES string of the molecule is Cc1[nH]c2c(C(=O)O)cccc2c1CCCO. The minimum absolute atomic E-state index is 0.144. The molecule has 0 bridgehead atoms. The molecule has 4 heteroatoms. The molecule has 0 atom stereocenters. The molecular formula is C13H15NO3. The minimum atomic E-state index is -0.925. The van der Waals surface area contributed by atoms with Crippen molar-refractivity contribution in [2.75, 3.05) is 6.61 Å². The normalized spacial score (nSPS) is 10.9. The summed E-state index contributed by atoms with van der Waals surface area (Å²) in [6, 6.07) is 5.26. The molecule has 1 aromatic heterocycles. The van der Waals surface area contributed by atoms with Crippen LogP contribution < -0.4 is 0 Å². The first-order valence-corrected chi connectivity index (χ1v) is 5.59. The number of benzene rings is 1. The van der Waals surface area contributed by atoms with E-state index in [2.05, 4.69) is 4.98 Å².